The molecule has 0 radical (unpaired) electrons. The Morgan fingerprint density at radius 3 is 1.99 bits per heavy atom. The number of alkyl carbamates (subject to hydrolysis) is 3. The molecule has 13 atom stereocenters. The lowest BCUT2D eigenvalue weighted by molar-refractivity contribution is -0.305. The SMILES string of the molecule is C=C(C)OC(=O)N[C@@H]1CC=C(CNCC2COC(C)(C)N2C(=O)OC(C)(C)C)O[C@@H]1C1[C@@H](NC(=O)OC(C)(C)C)C[C@@H](NC(=O)[C@@H](O)CCNC(=O)OC(C)(C)C)[C@H](O[C@H]2OC[C@](C)(O)[C@H](N(C)C(=O)OC(C)(C)C)[C@H]2O)[C@H]1O. The lowest BCUT2D eigenvalue weighted by Crippen LogP contribution is -2.71. The zero-order valence-corrected chi connectivity index (χ0v) is 49.2. The number of carbonyl (C=O) groups excluding carboxylic acids is 6. The molecule has 79 heavy (non-hydrogen) atoms. The Hall–Kier alpha value is -5.22. The van der Waals surface area contributed by atoms with E-state index in [0.717, 1.165) is 4.90 Å². The summed E-state index contributed by atoms with van der Waals surface area (Å²) in [6, 6.07) is -5.52. The van der Waals surface area contributed by atoms with E-state index in [0.29, 0.717) is 5.76 Å². The van der Waals surface area contributed by atoms with Crippen LogP contribution in [-0.4, -0.2) is 207 Å². The van der Waals surface area contributed by atoms with Gasteiger partial charge in [0.25, 0.3) is 0 Å². The van der Waals surface area contributed by atoms with Gasteiger partial charge in [-0.3, -0.25) is 9.69 Å². The molecule has 3 fully saturated rings. The number of hydrogen-bond acceptors (Lipinski definition) is 20. The van der Waals surface area contributed by atoms with Crippen molar-refractivity contribution in [2.75, 3.05) is 39.9 Å². The van der Waals surface area contributed by atoms with Gasteiger partial charge in [0.05, 0.1) is 55.8 Å². The number of carbonyl (C=O) groups is 6. The standard InChI is InChI=1S/C53H91N7O19/c1-28(2)73-44(66)57-31-20-19-30(25-54-24-29-26-72-52(15,16)60(29)47(69)79-51(12,13)14)74-38(31)35-32(58-45(67)77-49(6,7)8)23-33(56-41(64)34(61)21-22-55-43(65)76-48(3,4)5)39(36(35)62)75-42-37(63)40(53(17,70)27-71-42)59(18)46(68)78-50(9,10)11/h19,29,31-40,42,54,61-63,70H,1,20-27H2,2-18H3,(H,55,65)(H,56,64)(H,57,66)(H,58,67)/t29?,31-,32+,33-,34+,35?,36+,37-,38+,39+,40-,42-,53+/m1/s1. The van der Waals surface area contributed by atoms with Crippen molar-refractivity contribution in [3.63, 3.8) is 0 Å². The second kappa shape index (κ2) is 26.1. The third-order valence-electron chi connectivity index (χ3n) is 12.8. The van der Waals surface area contributed by atoms with Crippen LogP contribution in [0.15, 0.2) is 24.2 Å². The van der Waals surface area contributed by atoms with Gasteiger partial charge in [-0.15, -0.1) is 0 Å². The molecule has 1 saturated carbocycles. The third-order valence-corrected chi connectivity index (χ3v) is 12.8. The molecule has 2 unspecified atom stereocenters. The highest BCUT2D eigenvalue weighted by Crippen LogP contribution is 2.39. The Bertz CT molecular complexity index is 2180. The van der Waals surface area contributed by atoms with Crippen LogP contribution >= 0.6 is 0 Å². The lowest BCUT2D eigenvalue weighted by atomic mass is 9.72. The normalized spacial score (nSPS) is 29.6. The largest absolute Gasteiger partial charge is 0.491 e. The molecule has 1 aliphatic carbocycles. The average Bonchev–Trinajstić information content (AvgIpc) is 3.56. The van der Waals surface area contributed by atoms with Crippen molar-refractivity contribution in [1.29, 1.82) is 0 Å². The molecule has 452 valence electrons. The summed E-state index contributed by atoms with van der Waals surface area (Å²) in [5.74, 6) is -1.93. The van der Waals surface area contributed by atoms with Gasteiger partial charge in [-0.1, -0.05) is 6.58 Å². The maximum atomic E-state index is 14.0. The molecule has 0 spiro atoms. The minimum atomic E-state index is -1.90. The summed E-state index contributed by atoms with van der Waals surface area (Å²) >= 11 is 0. The minimum absolute atomic E-state index is 0.0410. The van der Waals surface area contributed by atoms with E-state index in [1.807, 2.05) is 0 Å². The topological polar surface area (TPSA) is 333 Å². The molecule has 0 aromatic rings. The molecular formula is C53H91N7O19. The Morgan fingerprint density at radius 1 is 0.823 bits per heavy atom. The number of nitrogens with zero attached hydrogens (tertiary/aromatic N) is 2. The van der Waals surface area contributed by atoms with E-state index in [-0.39, 0.29) is 51.3 Å². The van der Waals surface area contributed by atoms with E-state index < -0.39 is 150 Å². The van der Waals surface area contributed by atoms with Gasteiger partial charge in [-0.2, -0.15) is 0 Å². The fourth-order valence-electron chi connectivity index (χ4n) is 9.68. The van der Waals surface area contributed by atoms with E-state index >= 15 is 0 Å². The molecule has 0 bridgehead atoms. The molecule has 0 aromatic carbocycles. The second-order valence-electron chi connectivity index (χ2n) is 25.3. The first-order valence-electron chi connectivity index (χ1n) is 26.7. The first kappa shape index (κ1) is 66.3. The summed E-state index contributed by atoms with van der Waals surface area (Å²) in [5, 5.41) is 62.0. The zero-order chi connectivity index (χ0) is 60.0. The van der Waals surface area contributed by atoms with Crippen LogP contribution in [0, 0.1) is 5.92 Å². The number of hydrogen-bond donors (Lipinski definition) is 9. The monoisotopic (exact) mass is 1130 g/mol. The molecule has 2 saturated heterocycles. The minimum Gasteiger partial charge on any atom is -0.491 e. The van der Waals surface area contributed by atoms with Crippen molar-refractivity contribution in [3.05, 3.63) is 24.2 Å². The highest BCUT2D eigenvalue weighted by molar-refractivity contribution is 5.81. The van der Waals surface area contributed by atoms with Gasteiger partial charge >= 0.3 is 30.5 Å². The molecule has 26 nitrogen and oxygen atoms in total. The van der Waals surface area contributed by atoms with Gasteiger partial charge in [-0.25, -0.2) is 24.0 Å². The number of aliphatic hydroxyl groups is 4. The van der Waals surface area contributed by atoms with Gasteiger partial charge in [0.2, 0.25) is 5.91 Å². The van der Waals surface area contributed by atoms with Gasteiger partial charge in [-0.05, 0) is 136 Å². The summed E-state index contributed by atoms with van der Waals surface area (Å²) in [5.41, 5.74) is -6.50. The lowest BCUT2D eigenvalue weighted by Gasteiger charge is -2.52. The number of allylic oxidation sites excluding steroid dienone is 1. The molecular weight excluding hydrogens is 1040 g/mol. The Morgan fingerprint density at radius 2 is 1.41 bits per heavy atom. The molecule has 4 rings (SSSR count). The Balaban J connectivity index is 1.79. The highest BCUT2D eigenvalue weighted by atomic mass is 16.7. The molecule has 3 heterocycles. The van der Waals surface area contributed by atoms with E-state index in [1.54, 1.807) is 103 Å². The fourth-order valence-corrected chi connectivity index (χ4v) is 9.68. The van der Waals surface area contributed by atoms with E-state index in [2.05, 4.69) is 33.2 Å². The highest BCUT2D eigenvalue weighted by Gasteiger charge is 2.57. The maximum Gasteiger partial charge on any atom is 0.412 e. The van der Waals surface area contributed by atoms with Crippen LogP contribution in [0.2, 0.25) is 0 Å². The van der Waals surface area contributed by atoms with Crippen LogP contribution in [0.5, 0.6) is 0 Å². The van der Waals surface area contributed by atoms with E-state index in [1.165, 1.54) is 25.8 Å². The predicted molar refractivity (Wildman–Crippen MR) is 284 cm³/mol. The van der Waals surface area contributed by atoms with Crippen molar-refractivity contribution < 1.29 is 91.8 Å². The van der Waals surface area contributed by atoms with Crippen LogP contribution in [0.4, 0.5) is 24.0 Å². The summed E-state index contributed by atoms with van der Waals surface area (Å²) < 4.78 is 52.7. The van der Waals surface area contributed by atoms with E-state index in [9.17, 15) is 49.2 Å². The van der Waals surface area contributed by atoms with Crippen LogP contribution in [-0.2, 0) is 47.4 Å². The molecule has 4 aliphatic rings. The average molecular weight is 1130 g/mol. The quantitative estimate of drug-likeness (QED) is 0.0790. The molecule has 6 amide bonds. The summed E-state index contributed by atoms with van der Waals surface area (Å²) in [7, 11) is 1.31. The van der Waals surface area contributed by atoms with Crippen molar-refractivity contribution in [2.24, 2.45) is 5.92 Å². The number of likely N-dealkylation sites (N-methyl/N-ethyl adjacent to an activating group) is 1. The molecule has 9 N–H and O–H groups in total. The molecule has 3 aliphatic heterocycles. The van der Waals surface area contributed by atoms with Crippen LogP contribution in [0.3, 0.4) is 0 Å². The summed E-state index contributed by atoms with van der Waals surface area (Å²) in [4.78, 5) is 83.1. The van der Waals surface area contributed by atoms with Crippen molar-refractivity contribution in [3.8, 4) is 0 Å². The van der Waals surface area contributed by atoms with Crippen LogP contribution in [0.1, 0.15) is 130 Å². The zero-order valence-electron chi connectivity index (χ0n) is 49.2. The smallest absolute Gasteiger partial charge is 0.412 e. The first-order chi connectivity index (χ1) is 36.1. The van der Waals surface area contributed by atoms with Gasteiger partial charge in [0.1, 0.15) is 63.9 Å². The number of ether oxygens (including phenoxy) is 9. The predicted octanol–water partition coefficient (Wildman–Crippen LogP) is 3.37. The maximum absolute atomic E-state index is 14.0. The number of nitrogens with one attached hydrogen (secondary N) is 5. The first-order valence-corrected chi connectivity index (χ1v) is 26.7. The summed E-state index contributed by atoms with van der Waals surface area (Å²) in [6.45, 7) is 29.8. The fraction of sp³-hybridized carbons (Fsp3) is 0.811. The number of rotatable bonds is 16. The summed E-state index contributed by atoms with van der Waals surface area (Å²) in [6.07, 6.45) is -13.1. The van der Waals surface area contributed by atoms with Gasteiger partial charge in [0, 0.05) is 32.1 Å². The van der Waals surface area contributed by atoms with E-state index in [4.69, 9.17) is 42.6 Å². The van der Waals surface area contributed by atoms with Crippen molar-refractivity contribution in [1.82, 2.24) is 36.4 Å². The van der Waals surface area contributed by atoms with Gasteiger partial charge < -0.3 is 94.5 Å². The Kier molecular flexibility index (Phi) is 21.9. The number of amides is 6. The number of aliphatic hydroxyl groups excluding tert-OH is 3. The molecule has 26 heteroatoms. The van der Waals surface area contributed by atoms with Crippen molar-refractivity contribution >= 4 is 36.4 Å². The van der Waals surface area contributed by atoms with Crippen LogP contribution < -0.4 is 26.6 Å². The second-order valence-corrected chi connectivity index (χ2v) is 25.3. The Labute approximate surface area is 464 Å². The van der Waals surface area contributed by atoms with Crippen molar-refractivity contribution in [2.45, 2.75) is 231 Å². The van der Waals surface area contributed by atoms with Gasteiger partial charge in [0.15, 0.2) is 6.29 Å². The van der Waals surface area contributed by atoms with Crippen LogP contribution in [0.25, 0.3) is 0 Å². The third kappa shape index (κ3) is 19.8. The molecule has 0 aromatic heterocycles.